The molecule has 6 aromatic rings. The predicted molar refractivity (Wildman–Crippen MR) is 280 cm³/mol. The van der Waals surface area contributed by atoms with Gasteiger partial charge in [-0.1, -0.05) is 0 Å². The Morgan fingerprint density at radius 1 is 0.721 bits per heavy atom. The molecule has 8 rings (SSSR count). The molecule has 4 aromatic heterocycles. The van der Waals surface area contributed by atoms with Gasteiger partial charge < -0.3 is 0 Å². The van der Waals surface area contributed by atoms with Crippen molar-refractivity contribution >= 4 is 46.8 Å². The number of hydrogen-bond donors (Lipinski definition) is 0. The summed E-state index contributed by atoms with van der Waals surface area (Å²) in [5.74, 6) is 0.746. The molecule has 366 valence electrons. The van der Waals surface area contributed by atoms with Gasteiger partial charge in [-0.05, 0) is 141 Å². The number of halogens is 3. The number of ketones is 1. The Balaban J connectivity index is 0.000000171. The van der Waals surface area contributed by atoms with E-state index in [9.17, 15) is 13.6 Å². The Bertz CT molecular complexity index is 2550. The fourth-order valence-corrected chi connectivity index (χ4v) is 24.2. The molecule has 0 unspecified atom stereocenters. The van der Waals surface area contributed by atoms with E-state index in [1.807, 2.05) is 46.4 Å². The Kier molecular flexibility index (Phi) is 20.1. The van der Waals surface area contributed by atoms with E-state index < -0.39 is 24.2 Å². The van der Waals surface area contributed by atoms with Crippen molar-refractivity contribution in [1.82, 2.24) is 39.1 Å². The molecule has 4 heterocycles. The minimum Gasteiger partial charge on any atom is -0.294 e. The molecule has 2 aliphatic rings. The van der Waals surface area contributed by atoms with E-state index in [1.165, 1.54) is 118 Å². The molecule has 0 aliphatic heterocycles. The number of ether oxygens (including phenoxy) is 1. The van der Waals surface area contributed by atoms with Gasteiger partial charge in [-0.2, -0.15) is 20.4 Å². The van der Waals surface area contributed by atoms with Crippen LogP contribution in [0.15, 0.2) is 83.7 Å². The van der Waals surface area contributed by atoms with Crippen LogP contribution in [0.5, 0.6) is 0 Å². The van der Waals surface area contributed by atoms with Gasteiger partial charge in [-0.15, -0.1) is 0 Å². The number of aromatic nitrogens is 8. The van der Waals surface area contributed by atoms with Crippen molar-refractivity contribution in [2.75, 3.05) is 6.61 Å². The van der Waals surface area contributed by atoms with E-state index in [0.717, 1.165) is 75.5 Å². The van der Waals surface area contributed by atoms with Crippen molar-refractivity contribution in [2.24, 2.45) is 11.8 Å². The molecule has 14 heteroatoms. The first-order valence-electron chi connectivity index (χ1n) is 25.0. The van der Waals surface area contributed by atoms with Crippen LogP contribution in [0.25, 0.3) is 11.4 Å². The SMILES string of the molecule is C=[C](OCC)[Sn]([CH2]CCC)([CH2]CCC)[CH2]CCC.CC(=O)c1cc(F)ccc1-n1nc(C)cc1Cc1cnn(CC2CC2)c1.Cc1cc(Cc2cnn(CC3CC3)c2)n(-c2ccc(F)cc2I)n1. The maximum atomic E-state index is 13.6. The molecule has 68 heavy (non-hydrogen) atoms. The molecule has 0 spiro atoms. The fraction of sp³-hybridized carbons (Fsp3) is 0.500. The summed E-state index contributed by atoms with van der Waals surface area (Å²) in [6, 6.07) is 13.1. The maximum absolute atomic E-state index is 13.6. The minimum atomic E-state index is -2.24. The van der Waals surface area contributed by atoms with Gasteiger partial charge in [-0.25, -0.2) is 18.1 Å². The summed E-state index contributed by atoms with van der Waals surface area (Å²) in [6.07, 6.45) is 22.8. The number of unbranched alkanes of at least 4 members (excludes halogenated alkanes) is 3. The first-order chi connectivity index (χ1) is 32.7. The van der Waals surface area contributed by atoms with Gasteiger partial charge >= 0.3 is 120 Å². The molecular weight excluding hydrogens is 1080 g/mol. The molecule has 0 atom stereocenters. The van der Waals surface area contributed by atoms with Crippen molar-refractivity contribution in [3.05, 3.63) is 138 Å². The van der Waals surface area contributed by atoms with Crippen molar-refractivity contribution in [3.8, 4) is 11.4 Å². The number of carbonyl (C=O) groups is 1. The average Bonchev–Trinajstić information content (AvgIpc) is 4.12. The Morgan fingerprint density at radius 2 is 1.18 bits per heavy atom. The molecule has 2 aliphatic carbocycles. The molecular formula is C54H73F2IN8O2Sn. The van der Waals surface area contributed by atoms with E-state index in [-0.39, 0.29) is 11.6 Å². The van der Waals surface area contributed by atoms with Crippen molar-refractivity contribution < 1.29 is 18.3 Å². The number of carbonyl (C=O) groups excluding carboxylic acids is 1. The van der Waals surface area contributed by atoms with Crippen LogP contribution in [-0.4, -0.2) is 69.9 Å². The second kappa shape index (κ2) is 25.7. The third-order valence-corrected chi connectivity index (χ3v) is 28.8. The number of benzene rings is 2. The van der Waals surface area contributed by atoms with Crippen LogP contribution in [0.2, 0.25) is 13.3 Å². The molecule has 0 bridgehead atoms. The first-order valence-corrected chi connectivity index (χ1v) is 33.5. The summed E-state index contributed by atoms with van der Waals surface area (Å²) in [4.78, 5) is 12.0. The van der Waals surface area contributed by atoms with Gasteiger partial charge in [-0.3, -0.25) is 14.2 Å². The zero-order valence-corrected chi connectivity index (χ0v) is 46.6. The van der Waals surface area contributed by atoms with Gasteiger partial charge in [0.25, 0.3) is 0 Å². The molecule has 0 N–H and O–H groups in total. The Labute approximate surface area is 421 Å². The topological polar surface area (TPSA) is 97.6 Å². The quantitative estimate of drug-likeness (QED) is 0.0274. The van der Waals surface area contributed by atoms with Crippen LogP contribution >= 0.6 is 22.6 Å². The van der Waals surface area contributed by atoms with Crippen LogP contribution in [0.3, 0.4) is 0 Å². The minimum absolute atomic E-state index is 0.184. The molecule has 2 fully saturated rings. The van der Waals surface area contributed by atoms with E-state index in [1.54, 1.807) is 16.8 Å². The smallest absolute Gasteiger partial charge is 0.162 e. The zero-order valence-electron chi connectivity index (χ0n) is 41.5. The summed E-state index contributed by atoms with van der Waals surface area (Å²) >= 11 is -0.0896. The fourth-order valence-electron chi connectivity index (χ4n) is 8.81. The van der Waals surface area contributed by atoms with E-state index >= 15 is 0 Å². The summed E-state index contributed by atoms with van der Waals surface area (Å²) < 4.78 is 47.1. The number of rotatable bonds is 23. The van der Waals surface area contributed by atoms with Crippen LogP contribution in [0.1, 0.15) is 143 Å². The van der Waals surface area contributed by atoms with Gasteiger partial charge in [0.2, 0.25) is 0 Å². The standard InChI is InChI=1S/C20H21FN4O.C18H18FIN4.C4H7O.3C4H9.Sn/c1-13-7-18(8-16-10-22-24(12-16)11-15-3-4-15)25(23-13)20-6-5-17(21)9-19(20)14(2)26;1-12-6-16(7-14-9-21-23(11-14)10-13-2-3-13)24(22-12)18-5-4-15(19)8-17(18)20;1-3-5-4-2;3*1-3-4-2;/h5-7,9-10,12,15H,3-4,8,11H2,1-2H3;4-6,8-9,11,13H,2-3,7,10H2,1H3;1,4H2,2H3;3*1,3-4H2,2H3;. The van der Waals surface area contributed by atoms with Crippen LogP contribution < -0.4 is 0 Å². The van der Waals surface area contributed by atoms with Crippen molar-refractivity contribution in [3.63, 3.8) is 0 Å². The van der Waals surface area contributed by atoms with Crippen molar-refractivity contribution in [1.29, 1.82) is 0 Å². The van der Waals surface area contributed by atoms with Gasteiger partial charge in [0.15, 0.2) is 5.78 Å². The van der Waals surface area contributed by atoms with Gasteiger partial charge in [0.05, 0.1) is 35.2 Å². The van der Waals surface area contributed by atoms with Crippen molar-refractivity contribution in [2.45, 2.75) is 152 Å². The Hall–Kier alpha value is -4.12. The van der Waals surface area contributed by atoms with Crippen LogP contribution in [-0.2, 0) is 30.7 Å². The monoisotopic (exact) mass is 1150 g/mol. The third kappa shape index (κ3) is 15.4. The van der Waals surface area contributed by atoms with E-state index in [2.05, 4.69) is 95.7 Å². The molecule has 2 saturated carbocycles. The molecule has 0 amide bonds. The largest absolute Gasteiger partial charge is 0.294 e. The van der Waals surface area contributed by atoms with E-state index in [4.69, 9.17) is 4.74 Å². The summed E-state index contributed by atoms with van der Waals surface area (Å²) in [6.45, 7) is 21.5. The number of nitrogens with zero attached hydrogens (tertiary/aromatic N) is 8. The third-order valence-electron chi connectivity index (χ3n) is 12.9. The second-order valence-electron chi connectivity index (χ2n) is 19.0. The zero-order chi connectivity index (χ0) is 48.8. The van der Waals surface area contributed by atoms with Gasteiger partial charge in [0, 0.05) is 58.8 Å². The predicted octanol–water partition coefficient (Wildman–Crippen LogP) is 13.8. The van der Waals surface area contributed by atoms with Crippen LogP contribution in [0, 0.1) is 40.9 Å². The second-order valence-corrected chi connectivity index (χ2v) is 33.4. The summed E-state index contributed by atoms with van der Waals surface area (Å²) in [5, 5.41) is 18.0. The number of aryl methyl sites for hydroxylation is 2. The Morgan fingerprint density at radius 3 is 1.60 bits per heavy atom. The molecule has 10 nitrogen and oxygen atoms in total. The average molecular weight is 1150 g/mol. The summed E-state index contributed by atoms with van der Waals surface area (Å²) in [7, 11) is 0. The van der Waals surface area contributed by atoms with Gasteiger partial charge in [0.1, 0.15) is 11.6 Å². The molecule has 2 aromatic carbocycles. The number of Topliss-reactive ketones (excluding diaryl/α,β-unsaturated/α-hetero) is 1. The maximum Gasteiger partial charge on any atom is 0.162 e. The first kappa shape index (κ1) is 53.2. The van der Waals surface area contributed by atoms with Crippen LogP contribution in [0.4, 0.5) is 8.78 Å². The van der Waals surface area contributed by atoms with E-state index in [0.29, 0.717) is 17.7 Å². The summed E-state index contributed by atoms with van der Waals surface area (Å²) in [5.41, 5.74) is 7.95. The number of hydrogen-bond acceptors (Lipinski definition) is 6. The molecule has 0 saturated heterocycles. The molecule has 0 radical (unpaired) electrons. The normalized spacial score (nSPS) is 13.4.